The number of amides is 1. The van der Waals surface area contributed by atoms with Crippen molar-refractivity contribution < 1.29 is 24.2 Å². The molecule has 1 amide bonds. The molecule has 14 heavy (non-hydrogen) atoms. The minimum atomic E-state index is -1.31. The van der Waals surface area contributed by atoms with E-state index in [9.17, 15) is 9.59 Å². The number of carbonyl (C=O) groups excluding carboxylic acids is 1. The molecule has 0 saturated heterocycles. The average Bonchev–Trinajstić information content (AvgIpc) is 2.65. The van der Waals surface area contributed by atoms with Crippen LogP contribution in [0.15, 0.2) is 22.8 Å². The molecule has 0 aromatic carbocycles. The third kappa shape index (κ3) is 2.33. The number of carboxylic acid groups (broad SMARTS) is 1. The summed E-state index contributed by atoms with van der Waals surface area (Å²) >= 11 is 0. The van der Waals surface area contributed by atoms with Gasteiger partial charge in [-0.15, -0.1) is 0 Å². The normalized spacial score (nSPS) is 12.1. The topological polar surface area (TPSA) is 99.8 Å². The van der Waals surface area contributed by atoms with E-state index in [4.69, 9.17) is 14.6 Å². The Labute approximate surface area is 79.1 Å². The van der Waals surface area contributed by atoms with Crippen molar-refractivity contribution in [1.29, 1.82) is 0 Å². The Kier molecular flexibility index (Phi) is 3.24. The molecule has 1 aromatic heterocycles. The molecule has 1 aromatic rings. The highest BCUT2D eigenvalue weighted by molar-refractivity contribution is 5.94. The molecule has 1 atom stereocenters. The van der Waals surface area contributed by atoms with Crippen LogP contribution in [0.1, 0.15) is 10.6 Å². The number of aliphatic carboxylic acids is 1. The van der Waals surface area contributed by atoms with Gasteiger partial charge in [0, 0.05) is 0 Å². The highest BCUT2D eigenvalue weighted by atomic mass is 16.4. The summed E-state index contributed by atoms with van der Waals surface area (Å²) in [7, 11) is 0. The van der Waals surface area contributed by atoms with E-state index in [0.717, 1.165) is 0 Å². The fourth-order valence-corrected chi connectivity index (χ4v) is 0.823. The van der Waals surface area contributed by atoms with Gasteiger partial charge >= 0.3 is 5.97 Å². The number of aliphatic hydroxyl groups is 1. The minimum absolute atomic E-state index is 0.00435. The summed E-state index contributed by atoms with van der Waals surface area (Å²) in [4.78, 5) is 21.6. The van der Waals surface area contributed by atoms with Crippen molar-refractivity contribution in [1.82, 2.24) is 5.32 Å². The number of hydrogen-bond acceptors (Lipinski definition) is 4. The van der Waals surface area contributed by atoms with Gasteiger partial charge in [-0.3, -0.25) is 4.79 Å². The zero-order valence-corrected chi connectivity index (χ0v) is 7.14. The first kappa shape index (κ1) is 10.3. The fraction of sp³-hybridized carbons (Fsp3) is 0.250. The van der Waals surface area contributed by atoms with Crippen LogP contribution in [0.25, 0.3) is 0 Å². The third-order valence-corrected chi connectivity index (χ3v) is 1.53. The van der Waals surface area contributed by atoms with Gasteiger partial charge in [0.15, 0.2) is 11.8 Å². The van der Waals surface area contributed by atoms with Gasteiger partial charge in [0.1, 0.15) is 0 Å². The summed E-state index contributed by atoms with van der Waals surface area (Å²) in [5, 5.41) is 19.2. The summed E-state index contributed by atoms with van der Waals surface area (Å²) in [5.74, 6) is -1.96. The van der Waals surface area contributed by atoms with Crippen molar-refractivity contribution in [3.05, 3.63) is 24.2 Å². The van der Waals surface area contributed by atoms with Crippen molar-refractivity contribution in [2.45, 2.75) is 6.04 Å². The van der Waals surface area contributed by atoms with Gasteiger partial charge < -0.3 is 19.9 Å². The second-order valence-corrected chi connectivity index (χ2v) is 2.52. The van der Waals surface area contributed by atoms with Crippen LogP contribution in [0.5, 0.6) is 0 Å². The molecule has 0 aliphatic rings. The van der Waals surface area contributed by atoms with Gasteiger partial charge in [-0.05, 0) is 12.1 Å². The first-order chi connectivity index (χ1) is 6.65. The number of rotatable bonds is 4. The summed E-state index contributed by atoms with van der Waals surface area (Å²) in [6.07, 6.45) is 1.30. The average molecular weight is 199 g/mol. The SMILES string of the molecule is O=C(NC(CO)C(=O)O)c1ccco1. The minimum Gasteiger partial charge on any atom is -0.480 e. The second-order valence-electron chi connectivity index (χ2n) is 2.52. The Hall–Kier alpha value is -1.82. The van der Waals surface area contributed by atoms with Crippen LogP contribution in [0, 0.1) is 0 Å². The zero-order chi connectivity index (χ0) is 10.6. The van der Waals surface area contributed by atoms with E-state index in [1.165, 1.54) is 18.4 Å². The van der Waals surface area contributed by atoms with Crippen LogP contribution in [0.3, 0.4) is 0 Å². The van der Waals surface area contributed by atoms with E-state index < -0.39 is 24.5 Å². The lowest BCUT2D eigenvalue weighted by Gasteiger charge is -2.09. The Balaban J connectivity index is 2.60. The van der Waals surface area contributed by atoms with Crippen LogP contribution in [0.2, 0.25) is 0 Å². The number of hydrogen-bond donors (Lipinski definition) is 3. The van der Waals surface area contributed by atoms with Crippen molar-refractivity contribution in [2.75, 3.05) is 6.61 Å². The van der Waals surface area contributed by atoms with Gasteiger partial charge in [0.25, 0.3) is 5.91 Å². The molecule has 6 heteroatoms. The molecule has 3 N–H and O–H groups in total. The van der Waals surface area contributed by atoms with Gasteiger partial charge in [0.05, 0.1) is 12.9 Å². The highest BCUT2D eigenvalue weighted by Gasteiger charge is 2.20. The molecule has 1 unspecified atom stereocenters. The number of carboxylic acids is 1. The highest BCUT2D eigenvalue weighted by Crippen LogP contribution is 1.99. The first-order valence-corrected chi connectivity index (χ1v) is 3.83. The third-order valence-electron chi connectivity index (χ3n) is 1.53. The lowest BCUT2D eigenvalue weighted by atomic mass is 10.3. The summed E-state index contributed by atoms with van der Waals surface area (Å²) in [5.41, 5.74) is 0. The number of furan rings is 1. The maximum absolute atomic E-state index is 11.2. The van der Waals surface area contributed by atoms with Gasteiger partial charge in [-0.2, -0.15) is 0 Å². The standard InChI is InChI=1S/C8H9NO5/c10-4-5(8(12)13)9-7(11)6-2-1-3-14-6/h1-3,5,10H,4H2,(H,9,11)(H,12,13). The monoisotopic (exact) mass is 199 g/mol. The van der Waals surface area contributed by atoms with E-state index >= 15 is 0 Å². The number of aliphatic hydroxyl groups excluding tert-OH is 1. The molecule has 0 spiro atoms. The zero-order valence-electron chi connectivity index (χ0n) is 7.14. The summed E-state index contributed by atoms with van der Waals surface area (Å²) < 4.78 is 4.73. The molecule has 0 aliphatic carbocycles. The molecule has 0 aliphatic heterocycles. The van der Waals surface area contributed by atoms with Gasteiger partial charge in [-0.1, -0.05) is 0 Å². The van der Waals surface area contributed by atoms with Crippen LogP contribution < -0.4 is 5.32 Å². The van der Waals surface area contributed by atoms with E-state index in [2.05, 4.69) is 5.32 Å². The molecule has 1 heterocycles. The van der Waals surface area contributed by atoms with Crippen LogP contribution in [-0.4, -0.2) is 34.7 Å². The fourth-order valence-electron chi connectivity index (χ4n) is 0.823. The molecule has 76 valence electrons. The Morgan fingerprint density at radius 2 is 2.29 bits per heavy atom. The van der Waals surface area contributed by atoms with E-state index in [-0.39, 0.29) is 5.76 Å². The van der Waals surface area contributed by atoms with Crippen molar-refractivity contribution in [3.63, 3.8) is 0 Å². The summed E-state index contributed by atoms with van der Waals surface area (Å²) in [6, 6.07) is 1.59. The van der Waals surface area contributed by atoms with E-state index in [1.54, 1.807) is 0 Å². The van der Waals surface area contributed by atoms with E-state index in [1.807, 2.05) is 0 Å². The Morgan fingerprint density at radius 1 is 1.57 bits per heavy atom. The lowest BCUT2D eigenvalue weighted by Crippen LogP contribution is -2.43. The predicted molar refractivity (Wildman–Crippen MR) is 44.7 cm³/mol. The largest absolute Gasteiger partial charge is 0.480 e. The maximum atomic E-state index is 11.2. The maximum Gasteiger partial charge on any atom is 0.328 e. The van der Waals surface area contributed by atoms with Crippen molar-refractivity contribution in [2.24, 2.45) is 0 Å². The number of nitrogens with one attached hydrogen (secondary N) is 1. The molecule has 0 fully saturated rings. The first-order valence-electron chi connectivity index (χ1n) is 3.83. The molecule has 1 rings (SSSR count). The Bertz CT molecular complexity index is 318. The van der Waals surface area contributed by atoms with Crippen molar-refractivity contribution >= 4 is 11.9 Å². The predicted octanol–water partition coefficient (Wildman–Crippen LogP) is -0.545. The van der Waals surface area contributed by atoms with E-state index in [0.29, 0.717) is 0 Å². The molecule has 0 radical (unpaired) electrons. The summed E-state index contributed by atoms with van der Waals surface area (Å²) in [6.45, 7) is -0.665. The lowest BCUT2D eigenvalue weighted by molar-refractivity contribution is -0.140. The molecular formula is C8H9NO5. The van der Waals surface area contributed by atoms with Gasteiger partial charge in [0.2, 0.25) is 0 Å². The molecule has 0 bridgehead atoms. The number of carbonyl (C=O) groups is 2. The molecule has 0 saturated carbocycles. The van der Waals surface area contributed by atoms with Crippen LogP contribution in [0.4, 0.5) is 0 Å². The van der Waals surface area contributed by atoms with Crippen molar-refractivity contribution in [3.8, 4) is 0 Å². The van der Waals surface area contributed by atoms with Gasteiger partial charge in [-0.25, -0.2) is 4.79 Å². The smallest absolute Gasteiger partial charge is 0.328 e. The Morgan fingerprint density at radius 3 is 2.71 bits per heavy atom. The van der Waals surface area contributed by atoms with Crippen LogP contribution >= 0.6 is 0 Å². The quantitative estimate of drug-likeness (QED) is 0.604. The molecule has 6 nitrogen and oxygen atoms in total. The molecular weight excluding hydrogens is 190 g/mol. The van der Waals surface area contributed by atoms with Crippen LogP contribution in [-0.2, 0) is 4.79 Å². The second kappa shape index (κ2) is 4.43.